The van der Waals surface area contributed by atoms with Crippen LogP contribution >= 0.6 is 11.6 Å². The Morgan fingerprint density at radius 2 is 1.95 bits per heavy atom. The maximum Gasteiger partial charge on any atom is 0.169 e. The summed E-state index contributed by atoms with van der Waals surface area (Å²) in [5, 5.41) is 0.331. The van der Waals surface area contributed by atoms with Gasteiger partial charge in [-0.15, -0.1) is 0 Å². The lowest BCUT2D eigenvalue weighted by atomic mass is 9.85. The Bertz CT molecular complexity index is 505. The lowest BCUT2D eigenvalue weighted by molar-refractivity contribution is 0.0763. The molecule has 2 atom stereocenters. The number of fused-ring (bicyclic) bond motifs is 2. The molecule has 2 bridgehead atoms. The number of piperidine rings is 1. The average Bonchev–Trinajstić information content (AvgIpc) is 2.61. The minimum absolute atomic E-state index is 0.0376. The first-order chi connectivity index (χ1) is 9.06. The number of hydrogen-bond donors (Lipinski definition) is 0. The molecule has 2 aliphatic heterocycles. The first kappa shape index (κ1) is 13.1. The van der Waals surface area contributed by atoms with Crippen molar-refractivity contribution in [1.82, 2.24) is 4.90 Å². The van der Waals surface area contributed by atoms with Crippen molar-refractivity contribution in [2.45, 2.75) is 37.8 Å². The lowest BCUT2D eigenvalue weighted by Gasteiger charge is -2.35. The number of rotatable bonds is 2. The molecule has 0 aromatic heterocycles. The third kappa shape index (κ3) is 2.30. The Labute approximate surface area is 117 Å². The molecule has 1 aromatic carbocycles. The minimum Gasteiger partial charge on any atom is -0.300 e. The summed E-state index contributed by atoms with van der Waals surface area (Å²) in [5.41, 5.74) is 0.193. The van der Waals surface area contributed by atoms with Crippen LogP contribution in [0.5, 0.6) is 0 Å². The van der Waals surface area contributed by atoms with Crippen molar-refractivity contribution in [1.29, 1.82) is 0 Å². The first-order valence-electron chi connectivity index (χ1n) is 6.77. The van der Waals surface area contributed by atoms with Gasteiger partial charge in [-0.25, -0.2) is 4.39 Å². The summed E-state index contributed by atoms with van der Waals surface area (Å²) in [6.45, 7) is 0. The van der Waals surface area contributed by atoms with Gasteiger partial charge in [0.1, 0.15) is 5.82 Å². The second-order valence-electron chi connectivity index (χ2n) is 5.71. The zero-order chi connectivity index (χ0) is 13.6. The number of benzene rings is 1. The zero-order valence-corrected chi connectivity index (χ0v) is 11.7. The van der Waals surface area contributed by atoms with Crippen LogP contribution in [-0.2, 0) is 0 Å². The van der Waals surface area contributed by atoms with Crippen LogP contribution in [0.4, 0.5) is 4.39 Å². The van der Waals surface area contributed by atoms with E-state index in [0.717, 1.165) is 25.7 Å². The molecule has 2 nitrogen and oxygen atoms in total. The van der Waals surface area contributed by atoms with Crippen LogP contribution in [0.15, 0.2) is 18.2 Å². The molecule has 2 aliphatic rings. The number of nitrogens with zero attached hydrogens (tertiary/aromatic N) is 1. The fourth-order valence-corrected chi connectivity index (χ4v) is 3.69. The summed E-state index contributed by atoms with van der Waals surface area (Å²) in [7, 11) is 2.13. The standard InChI is InChI=1S/C15H17ClFNO/c1-18-11-3-4-12(18)7-9(6-11)15(19)13-5-2-10(16)8-14(13)17/h2,5,8-9,11-12H,3-4,6-7H2,1H3. The molecule has 0 N–H and O–H groups in total. The summed E-state index contributed by atoms with van der Waals surface area (Å²) in [4.78, 5) is 14.8. The number of ketones is 1. The molecule has 19 heavy (non-hydrogen) atoms. The molecule has 0 aliphatic carbocycles. The summed E-state index contributed by atoms with van der Waals surface area (Å²) in [6, 6.07) is 5.30. The summed E-state index contributed by atoms with van der Waals surface area (Å²) in [6.07, 6.45) is 4.03. The lowest BCUT2D eigenvalue weighted by Crippen LogP contribution is -2.42. The number of halogens is 2. The quantitative estimate of drug-likeness (QED) is 0.773. The fourth-order valence-electron chi connectivity index (χ4n) is 3.53. The van der Waals surface area contributed by atoms with Gasteiger partial charge in [0.15, 0.2) is 5.78 Å². The Balaban J connectivity index is 1.81. The average molecular weight is 282 g/mol. The van der Waals surface area contributed by atoms with Crippen LogP contribution in [0.3, 0.4) is 0 Å². The molecule has 0 amide bonds. The van der Waals surface area contributed by atoms with E-state index in [0.29, 0.717) is 17.1 Å². The van der Waals surface area contributed by atoms with E-state index in [1.54, 1.807) is 6.07 Å². The second kappa shape index (κ2) is 4.88. The van der Waals surface area contributed by atoms with Gasteiger partial charge in [0, 0.05) is 23.0 Å². The van der Waals surface area contributed by atoms with E-state index < -0.39 is 5.82 Å². The van der Waals surface area contributed by atoms with E-state index in [1.165, 1.54) is 12.1 Å². The molecule has 2 saturated heterocycles. The topological polar surface area (TPSA) is 20.3 Å². The molecule has 0 saturated carbocycles. The summed E-state index contributed by atoms with van der Waals surface area (Å²) in [5.74, 6) is -0.590. The summed E-state index contributed by atoms with van der Waals surface area (Å²) < 4.78 is 13.8. The van der Waals surface area contributed by atoms with Crippen molar-refractivity contribution in [2.75, 3.05) is 7.05 Å². The zero-order valence-electron chi connectivity index (χ0n) is 10.9. The van der Waals surface area contributed by atoms with Crippen LogP contribution in [-0.4, -0.2) is 29.8 Å². The largest absolute Gasteiger partial charge is 0.300 e. The van der Waals surface area contributed by atoms with E-state index in [-0.39, 0.29) is 17.3 Å². The normalized spacial score (nSPS) is 30.6. The third-order valence-electron chi connectivity index (χ3n) is 4.67. The number of carbonyl (C=O) groups excluding carboxylic acids is 1. The molecule has 102 valence electrons. The Morgan fingerprint density at radius 1 is 1.32 bits per heavy atom. The number of carbonyl (C=O) groups is 1. The molecule has 2 heterocycles. The van der Waals surface area contributed by atoms with Crippen LogP contribution < -0.4 is 0 Å². The van der Waals surface area contributed by atoms with E-state index in [4.69, 9.17) is 11.6 Å². The SMILES string of the molecule is CN1C2CCC1CC(C(=O)c1ccc(Cl)cc1F)C2. The minimum atomic E-state index is -0.497. The molecular formula is C15H17ClFNO. The van der Waals surface area contributed by atoms with Crippen molar-refractivity contribution >= 4 is 17.4 Å². The van der Waals surface area contributed by atoms with Crippen molar-refractivity contribution in [3.05, 3.63) is 34.6 Å². The molecule has 1 aromatic rings. The van der Waals surface area contributed by atoms with Gasteiger partial charge in [-0.3, -0.25) is 4.79 Å². The van der Waals surface area contributed by atoms with Gasteiger partial charge in [0.25, 0.3) is 0 Å². The highest BCUT2D eigenvalue weighted by Gasteiger charge is 2.41. The van der Waals surface area contributed by atoms with E-state index in [9.17, 15) is 9.18 Å². The monoisotopic (exact) mass is 281 g/mol. The maximum absolute atomic E-state index is 13.8. The first-order valence-corrected chi connectivity index (χ1v) is 7.15. The van der Waals surface area contributed by atoms with Crippen LogP contribution in [0.2, 0.25) is 5.02 Å². The van der Waals surface area contributed by atoms with Gasteiger partial charge in [0.05, 0.1) is 5.56 Å². The molecular weight excluding hydrogens is 265 g/mol. The van der Waals surface area contributed by atoms with Crippen molar-refractivity contribution in [2.24, 2.45) is 5.92 Å². The molecule has 0 spiro atoms. The van der Waals surface area contributed by atoms with E-state index >= 15 is 0 Å². The molecule has 4 heteroatoms. The van der Waals surface area contributed by atoms with Crippen LogP contribution in [0, 0.1) is 11.7 Å². The van der Waals surface area contributed by atoms with Gasteiger partial charge >= 0.3 is 0 Å². The molecule has 0 radical (unpaired) electrons. The predicted octanol–water partition coefficient (Wildman–Crippen LogP) is 3.53. The molecule has 2 unspecified atom stereocenters. The summed E-state index contributed by atoms with van der Waals surface area (Å²) >= 11 is 5.72. The Kier molecular flexibility index (Phi) is 3.35. The highest BCUT2D eigenvalue weighted by atomic mass is 35.5. The maximum atomic E-state index is 13.8. The van der Waals surface area contributed by atoms with Gasteiger partial charge < -0.3 is 4.90 Å². The smallest absolute Gasteiger partial charge is 0.169 e. The fraction of sp³-hybridized carbons (Fsp3) is 0.533. The Hall–Kier alpha value is -0.930. The van der Waals surface area contributed by atoms with Crippen LogP contribution in [0.1, 0.15) is 36.0 Å². The van der Waals surface area contributed by atoms with E-state index in [1.807, 2.05) is 0 Å². The van der Waals surface area contributed by atoms with Gasteiger partial charge in [-0.05, 0) is 50.9 Å². The highest BCUT2D eigenvalue weighted by molar-refractivity contribution is 6.30. The van der Waals surface area contributed by atoms with Crippen molar-refractivity contribution in [3.8, 4) is 0 Å². The third-order valence-corrected chi connectivity index (χ3v) is 4.90. The van der Waals surface area contributed by atoms with Gasteiger partial charge in [-0.1, -0.05) is 11.6 Å². The van der Waals surface area contributed by atoms with Crippen LogP contribution in [0.25, 0.3) is 0 Å². The molecule has 3 rings (SSSR count). The second-order valence-corrected chi connectivity index (χ2v) is 6.14. The predicted molar refractivity (Wildman–Crippen MR) is 73.0 cm³/mol. The van der Waals surface area contributed by atoms with Gasteiger partial charge in [-0.2, -0.15) is 0 Å². The molecule has 2 fully saturated rings. The number of hydrogen-bond acceptors (Lipinski definition) is 2. The van der Waals surface area contributed by atoms with E-state index in [2.05, 4.69) is 11.9 Å². The van der Waals surface area contributed by atoms with Crippen molar-refractivity contribution in [3.63, 3.8) is 0 Å². The number of Topliss-reactive ketones (excluding diaryl/α,β-unsaturated/α-hetero) is 1. The van der Waals surface area contributed by atoms with Gasteiger partial charge in [0.2, 0.25) is 0 Å². The van der Waals surface area contributed by atoms with Crippen molar-refractivity contribution < 1.29 is 9.18 Å². The Morgan fingerprint density at radius 3 is 2.53 bits per heavy atom. The highest BCUT2D eigenvalue weighted by Crippen LogP contribution is 2.38.